The van der Waals surface area contributed by atoms with Crippen LogP contribution in [0.1, 0.15) is 31.2 Å². The van der Waals surface area contributed by atoms with E-state index in [1.54, 1.807) is 11.3 Å². The summed E-state index contributed by atoms with van der Waals surface area (Å²) in [4.78, 5) is 12.1. The van der Waals surface area contributed by atoms with Gasteiger partial charge < -0.3 is 5.32 Å². The number of hydrogen-bond acceptors (Lipinski definition) is 3. The molecule has 3 rings (SSSR count). The van der Waals surface area contributed by atoms with Crippen molar-refractivity contribution in [3.05, 3.63) is 35.2 Å². The van der Waals surface area contributed by atoms with Crippen LogP contribution in [-0.4, -0.2) is 18.4 Å². The Labute approximate surface area is 117 Å². The molecule has 0 unspecified atom stereocenters. The Bertz CT molecular complexity index is 569. The Morgan fingerprint density at radius 2 is 2.05 bits per heavy atom. The zero-order valence-electron chi connectivity index (χ0n) is 11.0. The van der Waals surface area contributed by atoms with Gasteiger partial charge in [0.25, 0.3) is 0 Å². The molecule has 1 saturated carbocycles. The van der Waals surface area contributed by atoms with Crippen LogP contribution in [0.2, 0.25) is 0 Å². The van der Waals surface area contributed by atoms with Crippen molar-refractivity contribution in [2.45, 2.75) is 38.1 Å². The summed E-state index contributed by atoms with van der Waals surface area (Å²) in [6.07, 6.45) is 5.63. The lowest BCUT2D eigenvalue weighted by molar-refractivity contribution is -0.117. The molecular weight excluding hydrogens is 254 g/mol. The predicted octanol–water partition coefficient (Wildman–Crippen LogP) is 3.55. The van der Waals surface area contributed by atoms with Gasteiger partial charge in [-0.2, -0.15) is 0 Å². The van der Waals surface area contributed by atoms with Gasteiger partial charge in [0.05, 0.1) is 6.54 Å². The minimum absolute atomic E-state index is 0.301. The van der Waals surface area contributed by atoms with Crippen LogP contribution >= 0.6 is 11.3 Å². The van der Waals surface area contributed by atoms with Crippen molar-refractivity contribution < 1.29 is 4.79 Å². The molecule has 100 valence electrons. The molecule has 1 aliphatic carbocycles. The first-order valence-corrected chi connectivity index (χ1v) is 7.91. The van der Waals surface area contributed by atoms with Gasteiger partial charge in [0.15, 0.2) is 5.78 Å². The Balaban J connectivity index is 1.59. The summed E-state index contributed by atoms with van der Waals surface area (Å²) in [6.45, 7) is 0.523. The molecule has 2 nitrogen and oxygen atoms in total. The molecule has 0 aliphatic heterocycles. The summed E-state index contributed by atoms with van der Waals surface area (Å²) in [6, 6.07) is 8.89. The average molecular weight is 273 g/mol. The smallest absolute Gasteiger partial charge is 0.151 e. The number of benzene rings is 1. The van der Waals surface area contributed by atoms with Crippen molar-refractivity contribution in [1.29, 1.82) is 0 Å². The van der Waals surface area contributed by atoms with Crippen LogP contribution in [0.4, 0.5) is 0 Å². The van der Waals surface area contributed by atoms with E-state index in [1.807, 2.05) is 12.1 Å². The van der Waals surface area contributed by atoms with E-state index in [0.29, 0.717) is 24.8 Å². The number of thiophene rings is 1. The van der Waals surface area contributed by atoms with Gasteiger partial charge in [0, 0.05) is 17.2 Å². The maximum atomic E-state index is 12.1. The molecule has 1 aromatic heterocycles. The van der Waals surface area contributed by atoms with Crippen LogP contribution in [0.15, 0.2) is 29.6 Å². The van der Waals surface area contributed by atoms with Gasteiger partial charge in [0.2, 0.25) is 0 Å². The second kappa shape index (κ2) is 5.85. The lowest BCUT2D eigenvalue weighted by Crippen LogP contribution is -2.32. The third kappa shape index (κ3) is 3.04. The highest BCUT2D eigenvalue weighted by Gasteiger charge is 2.16. The zero-order chi connectivity index (χ0) is 13.1. The van der Waals surface area contributed by atoms with E-state index in [4.69, 9.17) is 0 Å². The van der Waals surface area contributed by atoms with Crippen molar-refractivity contribution in [1.82, 2.24) is 5.32 Å². The maximum Gasteiger partial charge on any atom is 0.151 e. The van der Waals surface area contributed by atoms with Crippen LogP contribution in [0, 0.1) is 0 Å². The molecule has 1 fully saturated rings. The summed E-state index contributed by atoms with van der Waals surface area (Å²) in [5.41, 5.74) is 1.18. The first-order chi connectivity index (χ1) is 9.33. The topological polar surface area (TPSA) is 29.1 Å². The molecule has 1 aliphatic rings. The van der Waals surface area contributed by atoms with Gasteiger partial charge >= 0.3 is 0 Å². The first-order valence-electron chi connectivity index (χ1n) is 7.03. The fraction of sp³-hybridized carbons (Fsp3) is 0.438. The molecule has 0 atom stereocenters. The van der Waals surface area contributed by atoms with Crippen molar-refractivity contribution >= 4 is 27.2 Å². The summed E-state index contributed by atoms with van der Waals surface area (Å²) < 4.78 is 1.27. The molecule has 0 amide bonds. The molecule has 0 bridgehead atoms. The number of Topliss-reactive ketones (excluding diaryl/α,β-unsaturated/α-hetero) is 1. The fourth-order valence-corrected chi connectivity index (χ4v) is 3.80. The van der Waals surface area contributed by atoms with Gasteiger partial charge in [0.1, 0.15) is 0 Å². The molecule has 0 radical (unpaired) electrons. The van der Waals surface area contributed by atoms with Crippen molar-refractivity contribution in [2.24, 2.45) is 0 Å². The van der Waals surface area contributed by atoms with E-state index >= 15 is 0 Å². The average Bonchev–Trinajstić information content (AvgIpc) is 3.07. The number of carbonyl (C=O) groups excluding carboxylic acids is 1. The molecule has 2 aromatic rings. The number of ketones is 1. The zero-order valence-corrected chi connectivity index (χ0v) is 11.8. The highest BCUT2D eigenvalue weighted by Crippen LogP contribution is 2.26. The normalized spacial score (nSPS) is 16.2. The van der Waals surface area contributed by atoms with Crippen molar-refractivity contribution in [2.75, 3.05) is 6.54 Å². The summed E-state index contributed by atoms with van der Waals surface area (Å²) in [5, 5.41) is 6.76. The molecule has 3 heteroatoms. The predicted molar refractivity (Wildman–Crippen MR) is 80.8 cm³/mol. The second-order valence-corrected chi connectivity index (χ2v) is 6.25. The lowest BCUT2D eigenvalue weighted by atomic mass is 10.1. The Kier molecular flexibility index (Phi) is 3.95. The minimum Gasteiger partial charge on any atom is -0.307 e. The lowest BCUT2D eigenvalue weighted by Gasteiger charge is -2.10. The van der Waals surface area contributed by atoms with E-state index < -0.39 is 0 Å². The molecule has 1 N–H and O–H groups in total. The van der Waals surface area contributed by atoms with E-state index in [2.05, 4.69) is 22.8 Å². The number of carbonyl (C=O) groups is 1. The molecular formula is C16H19NOS. The van der Waals surface area contributed by atoms with Crippen molar-refractivity contribution in [3.63, 3.8) is 0 Å². The van der Waals surface area contributed by atoms with E-state index in [9.17, 15) is 4.79 Å². The number of nitrogens with one attached hydrogen (secondary N) is 1. The number of hydrogen-bond donors (Lipinski definition) is 1. The van der Waals surface area contributed by atoms with Gasteiger partial charge in [-0.05, 0) is 35.2 Å². The van der Waals surface area contributed by atoms with Crippen LogP contribution in [0.25, 0.3) is 10.1 Å². The fourth-order valence-electron chi connectivity index (χ4n) is 2.83. The van der Waals surface area contributed by atoms with Crippen molar-refractivity contribution in [3.8, 4) is 0 Å². The van der Waals surface area contributed by atoms with E-state index in [1.165, 1.54) is 41.3 Å². The Morgan fingerprint density at radius 3 is 2.89 bits per heavy atom. The largest absolute Gasteiger partial charge is 0.307 e. The monoisotopic (exact) mass is 273 g/mol. The SMILES string of the molecule is O=C(CNC1CCCC1)Cc1csc2ccccc12. The standard InChI is InChI=1S/C16H19NOS/c18-14(10-17-13-5-1-2-6-13)9-12-11-19-16-8-4-3-7-15(12)16/h3-4,7-8,11,13,17H,1-2,5-6,9-10H2. The minimum atomic E-state index is 0.301. The van der Waals surface area contributed by atoms with Gasteiger partial charge in [-0.1, -0.05) is 31.0 Å². The number of fused-ring (bicyclic) bond motifs is 1. The highest BCUT2D eigenvalue weighted by molar-refractivity contribution is 7.17. The highest BCUT2D eigenvalue weighted by atomic mass is 32.1. The Morgan fingerprint density at radius 1 is 1.26 bits per heavy atom. The first kappa shape index (κ1) is 12.8. The second-order valence-electron chi connectivity index (χ2n) is 5.33. The van der Waals surface area contributed by atoms with Crippen LogP contribution < -0.4 is 5.32 Å². The summed E-state index contributed by atoms with van der Waals surface area (Å²) >= 11 is 1.73. The maximum absolute atomic E-state index is 12.1. The van der Waals surface area contributed by atoms with Crippen LogP contribution in [-0.2, 0) is 11.2 Å². The number of rotatable bonds is 5. The third-order valence-corrected chi connectivity index (χ3v) is 4.90. The van der Waals surface area contributed by atoms with Crippen LogP contribution in [0.5, 0.6) is 0 Å². The molecule has 1 aromatic carbocycles. The summed E-state index contributed by atoms with van der Waals surface area (Å²) in [5.74, 6) is 0.301. The van der Waals surface area contributed by atoms with Gasteiger partial charge in [-0.25, -0.2) is 0 Å². The van der Waals surface area contributed by atoms with E-state index in [0.717, 1.165) is 0 Å². The molecule has 19 heavy (non-hydrogen) atoms. The van der Waals surface area contributed by atoms with Crippen LogP contribution in [0.3, 0.4) is 0 Å². The van der Waals surface area contributed by atoms with Gasteiger partial charge in [-0.3, -0.25) is 4.79 Å². The van der Waals surface area contributed by atoms with Gasteiger partial charge in [-0.15, -0.1) is 11.3 Å². The summed E-state index contributed by atoms with van der Waals surface area (Å²) in [7, 11) is 0. The molecule has 1 heterocycles. The quantitative estimate of drug-likeness (QED) is 0.902. The third-order valence-electron chi connectivity index (χ3n) is 3.89. The Hall–Kier alpha value is -1.19. The van der Waals surface area contributed by atoms with E-state index in [-0.39, 0.29) is 0 Å². The molecule has 0 saturated heterocycles. The molecule has 0 spiro atoms.